The minimum absolute atomic E-state index is 0.0250. The molecule has 0 aromatic heterocycles. The number of benzene rings is 5. The summed E-state index contributed by atoms with van der Waals surface area (Å²) in [5.41, 5.74) is -0.794. The molecule has 522 valence electrons. The number of nitrogens with one attached hydrogen (secondary N) is 4. The van der Waals surface area contributed by atoms with Gasteiger partial charge in [-0.3, -0.25) is 34.3 Å². The molecule has 0 unspecified atom stereocenters. The number of alkyl halides is 3. The van der Waals surface area contributed by atoms with Crippen LogP contribution in [-0.4, -0.2) is 201 Å². The first-order valence-electron chi connectivity index (χ1n) is 33.4. The molecule has 0 radical (unpaired) electrons. The number of piperazine rings is 2. The van der Waals surface area contributed by atoms with E-state index in [4.69, 9.17) is 16.3 Å². The van der Waals surface area contributed by atoms with E-state index in [0.29, 0.717) is 74.3 Å². The summed E-state index contributed by atoms with van der Waals surface area (Å²) in [6.45, 7) is 16.5. The minimum atomic E-state index is -6.10. The number of hydrogen-bond acceptors (Lipinski definition) is 17. The summed E-state index contributed by atoms with van der Waals surface area (Å²) in [6.07, 6.45) is 6.69. The Morgan fingerprint density at radius 2 is 1.43 bits per heavy atom. The largest absolute Gasteiger partial charge is 0.501 e. The van der Waals surface area contributed by atoms with Gasteiger partial charge in [0.15, 0.2) is 0 Å². The van der Waals surface area contributed by atoms with Gasteiger partial charge in [-0.2, -0.15) is 13.2 Å². The summed E-state index contributed by atoms with van der Waals surface area (Å²) < 4.78 is 120. The Hall–Kier alpha value is -6.62. The van der Waals surface area contributed by atoms with E-state index in [1.165, 1.54) is 52.7 Å². The van der Waals surface area contributed by atoms with E-state index < -0.39 is 82.4 Å². The number of amides is 4. The molecular formula is C70H85ClF4N10O9S3. The van der Waals surface area contributed by atoms with Crippen LogP contribution >= 0.6 is 23.4 Å². The molecule has 5 aromatic rings. The third kappa shape index (κ3) is 18.6. The van der Waals surface area contributed by atoms with E-state index in [-0.39, 0.29) is 29.4 Å². The van der Waals surface area contributed by atoms with Crippen molar-refractivity contribution in [3.05, 3.63) is 148 Å². The zero-order chi connectivity index (χ0) is 68.5. The molecule has 6 aliphatic rings. The van der Waals surface area contributed by atoms with Crippen molar-refractivity contribution in [1.29, 1.82) is 0 Å². The summed E-state index contributed by atoms with van der Waals surface area (Å²) >= 11 is 7.84. The number of allylic oxidation sites excluding steroid dienone is 1. The van der Waals surface area contributed by atoms with Crippen LogP contribution < -0.4 is 30.5 Å². The van der Waals surface area contributed by atoms with E-state index >= 15 is 4.39 Å². The van der Waals surface area contributed by atoms with Gasteiger partial charge in [0.2, 0.25) is 11.8 Å². The smallest absolute Gasteiger partial charge is 0.380 e. The molecule has 3 atom stereocenters. The molecule has 5 heterocycles. The van der Waals surface area contributed by atoms with Crippen LogP contribution in [0.2, 0.25) is 5.02 Å². The lowest BCUT2D eigenvalue weighted by molar-refractivity contribution is -0.134. The van der Waals surface area contributed by atoms with Crippen LogP contribution in [0.1, 0.15) is 91.0 Å². The topological polar surface area (TPSA) is 213 Å². The molecule has 0 bridgehead atoms. The second-order valence-corrected chi connectivity index (χ2v) is 31.8. The molecule has 4 N–H and O–H groups in total. The monoisotopic (exact) mass is 1420 g/mol. The van der Waals surface area contributed by atoms with Gasteiger partial charge in [0.1, 0.15) is 16.8 Å². The lowest BCUT2D eigenvalue weighted by Gasteiger charge is -2.44. The summed E-state index contributed by atoms with van der Waals surface area (Å²) in [5, 5.41) is 8.46. The molecule has 0 saturated carbocycles. The number of piperidine rings is 2. The number of sulfone groups is 1. The van der Waals surface area contributed by atoms with Gasteiger partial charge in [-0.15, -0.1) is 11.8 Å². The first-order chi connectivity index (χ1) is 46.4. The molecule has 4 amide bonds. The quantitative estimate of drug-likeness (QED) is 0.0272. The predicted octanol–water partition coefficient (Wildman–Crippen LogP) is 9.41. The second-order valence-electron chi connectivity index (χ2n) is 26.6. The molecule has 11 rings (SSSR count). The minimum Gasteiger partial charge on any atom is -0.380 e. The maximum atomic E-state index is 15.3. The maximum absolute atomic E-state index is 15.3. The van der Waals surface area contributed by atoms with Gasteiger partial charge in [0.25, 0.3) is 31.7 Å². The fourth-order valence-electron chi connectivity index (χ4n) is 14.1. The number of halogens is 5. The van der Waals surface area contributed by atoms with Gasteiger partial charge in [0.05, 0.1) is 22.8 Å². The Balaban J connectivity index is 0.663. The van der Waals surface area contributed by atoms with Crippen molar-refractivity contribution in [2.75, 3.05) is 139 Å². The van der Waals surface area contributed by atoms with E-state index in [1.807, 2.05) is 47.2 Å². The van der Waals surface area contributed by atoms with Crippen molar-refractivity contribution < 1.29 is 58.3 Å². The van der Waals surface area contributed by atoms with Crippen LogP contribution in [0.25, 0.3) is 5.57 Å². The van der Waals surface area contributed by atoms with Crippen molar-refractivity contribution in [3.63, 3.8) is 0 Å². The highest BCUT2D eigenvalue weighted by molar-refractivity contribution is 7.99. The van der Waals surface area contributed by atoms with Crippen LogP contribution in [0.4, 0.5) is 34.6 Å². The van der Waals surface area contributed by atoms with Crippen molar-refractivity contribution in [2.24, 2.45) is 11.3 Å². The first-order valence-corrected chi connectivity index (χ1v) is 37.7. The summed E-state index contributed by atoms with van der Waals surface area (Å²) in [4.78, 5) is 63.1. The van der Waals surface area contributed by atoms with Crippen LogP contribution in [0, 0.1) is 17.2 Å². The molecule has 97 heavy (non-hydrogen) atoms. The Labute approximate surface area is 575 Å². The van der Waals surface area contributed by atoms with Crippen LogP contribution in [0.5, 0.6) is 0 Å². The Kier molecular flexibility index (Phi) is 23.4. The molecule has 19 nitrogen and oxygen atoms in total. The number of rotatable bonds is 23. The number of imide groups is 1. The predicted molar refractivity (Wildman–Crippen MR) is 369 cm³/mol. The van der Waals surface area contributed by atoms with E-state index in [0.717, 1.165) is 140 Å². The lowest BCUT2D eigenvalue weighted by atomic mass is 9.71. The maximum Gasteiger partial charge on any atom is 0.501 e. The summed E-state index contributed by atoms with van der Waals surface area (Å²) in [6, 6.07) is 29.5. The number of sulfonamides is 1. The van der Waals surface area contributed by atoms with Crippen molar-refractivity contribution in [2.45, 2.75) is 97.0 Å². The third-order valence-electron chi connectivity index (χ3n) is 19.6. The summed E-state index contributed by atoms with van der Waals surface area (Å²) in [7, 11) is -11.0. The lowest BCUT2D eigenvalue weighted by Crippen LogP contribution is -2.52. The molecular weight excluding hydrogens is 1330 g/mol. The van der Waals surface area contributed by atoms with Gasteiger partial charge >= 0.3 is 5.51 Å². The average molecular weight is 1420 g/mol. The highest BCUT2D eigenvalue weighted by Crippen LogP contribution is 2.45. The number of carbonyl (C=O) groups excluding carboxylic acids is 4. The van der Waals surface area contributed by atoms with E-state index in [9.17, 15) is 49.2 Å². The molecule has 27 heteroatoms. The normalized spacial score (nSPS) is 21.4. The van der Waals surface area contributed by atoms with E-state index in [2.05, 4.69) is 64.4 Å². The molecule has 5 aliphatic heterocycles. The van der Waals surface area contributed by atoms with Gasteiger partial charge < -0.3 is 35.0 Å². The molecule has 5 saturated heterocycles. The number of likely N-dealkylation sites (tertiary alicyclic amines) is 1. The summed E-state index contributed by atoms with van der Waals surface area (Å²) in [5.74, 6) is -2.47. The van der Waals surface area contributed by atoms with Crippen molar-refractivity contribution >= 4 is 89.5 Å². The van der Waals surface area contributed by atoms with Crippen molar-refractivity contribution in [1.82, 2.24) is 35.0 Å². The van der Waals surface area contributed by atoms with Gasteiger partial charge in [-0.05, 0) is 172 Å². The molecule has 0 spiro atoms. The number of hydrogen-bond donors (Lipinski definition) is 4. The zero-order valence-corrected chi connectivity index (χ0v) is 57.7. The van der Waals surface area contributed by atoms with Gasteiger partial charge in [0, 0.05) is 143 Å². The fourth-order valence-corrected chi connectivity index (χ4v) is 17.2. The zero-order valence-electron chi connectivity index (χ0n) is 54.5. The van der Waals surface area contributed by atoms with Gasteiger partial charge in [-0.25, -0.2) is 25.9 Å². The third-order valence-corrected chi connectivity index (χ3v) is 23.9. The number of nitrogens with zero attached hydrogens (tertiary/aromatic N) is 6. The average Bonchev–Trinajstić information content (AvgIpc) is 0.832. The highest BCUT2D eigenvalue weighted by Gasteiger charge is 2.49. The van der Waals surface area contributed by atoms with Crippen molar-refractivity contribution in [3.8, 4) is 0 Å². The number of ether oxygens (including phenoxy) is 1. The number of anilines is 3. The molecule has 1 aliphatic carbocycles. The fraction of sp³-hybridized carbons (Fsp3) is 0.486. The van der Waals surface area contributed by atoms with E-state index in [1.54, 1.807) is 18.2 Å². The molecule has 5 fully saturated rings. The second kappa shape index (κ2) is 31.7. The van der Waals surface area contributed by atoms with Crippen LogP contribution in [0.3, 0.4) is 0 Å². The Morgan fingerprint density at radius 1 is 0.742 bits per heavy atom. The van der Waals surface area contributed by atoms with Crippen LogP contribution in [0.15, 0.2) is 136 Å². The number of thioether (sulfide) groups is 1. The highest BCUT2D eigenvalue weighted by atomic mass is 35.5. The van der Waals surface area contributed by atoms with Gasteiger partial charge in [-0.1, -0.05) is 54.4 Å². The standard InChI is InChI=1S/C70H85ClF4N10O9S3/c1-69(48-83-28-23-49(24-29-83)45-81-31-37-85(38-32-81)56-16-18-60(61(72)42-56)67(88)77-63-20-21-65(86)78-68(63)89)26-22-59(50-8-12-53(71)13-9-50)52(44-69)46-82-33-35-84(36-34-82)55-14-10-51(11-15-55)66(87)79-97(92,93)58-17-19-62(64(43-58)96(90,91)70(73,74)75)76-54(47-95-57-6-3-2-4-7-57)25-30-80-27-5-40-94-41-39-80/h2-4,6-19,42-43,49,54,63,76H,5,20-41,44-48H2,1H3,(H,77,88)(H,79,87)(H,78,86,89)/t54-,63-,69-/m1/s1. The molecule has 5 aromatic carbocycles. The van der Waals surface area contributed by atoms with Crippen LogP contribution in [-0.2, 0) is 34.2 Å². The Morgan fingerprint density at radius 3 is 2.12 bits per heavy atom. The Bertz CT molecular complexity index is 3870. The SMILES string of the molecule is C[C@@]1(CN2CCC(CN3CCN(c4ccc(C(=O)N[C@@H]5CCC(=O)NC5=O)c(F)c4)CC3)CC2)CCC(c2ccc(Cl)cc2)=C(CN2CCN(c3ccc(C(=O)NS(=O)(=O)c4ccc(N[C@H](CCN5CCCOCC5)CSc5ccccc5)c(S(=O)(=O)C(F)(F)F)c4)cc3)CC2)C1. The number of carbonyl (C=O) groups is 4. The first kappa shape index (κ1) is 71.7.